The first-order valence-electron chi connectivity index (χ1n) is 5.64. The number of aromatic hydroxyl groups is 2. The summed E-state index contributed by atoms with van der Waals surface area (Å²) >= 11 is 0. The second-order valence-corrected chi connectivity index (χ2v) is 3.99. The zero-order valence-electron chi connectivity index (χ0n) is 10.1. The van der Waals surface area contributed by atoms with E-state index in [9.17, 15) is 15.0 Å². The van der Waals surface area contributed by atoms with Gasteiger partial charge in [-0.25, -0.2) is 0 Å². The molecule has 0 aliphatic carbocycles. The molecule has 1 aromatic heterocycles. The van der Waals surface area contributed by atoms with Crippen LogP contribution in [0, 0.1) is 0 Å². The van der Waals surface area contributed by atoms with Crippen molar-refractivity contribution in [3.63, 3.8) is 0 Å². The Labute approximate surface area is 109 Å². The van der Waals surface area contributed by atoms with Crippen LogP contribution in [0.15, 0.2) is 30.6 Å². The maximum absolute atomic E-state index is 11.8. The van der Waals surface area contributed by atoms with E-state index < -0.39 is 5.91 Å². The predicted octanol–water partition coefficient (Wildman–Crippen LogP) is 0.307. The molecule has 1 aromatic carbocycles. The van der Waals surface area contributed by atoms with E-state index in [-0.39, 0.29) is 17.1 Å². The highest BCUT2D eigenvalue weighted by atomic mass is 16.3. The van der Waals surface area contributed by atoms with Gasteiger partial charge in [0.05, 0.1) is 24.0 Å². The van der Waals surface area contributed by atoms with Crippen molar-refractivity contribution in [3.8, 4) is 11.5 Å². The molecule has 0 fully saturated rings. The highest BCUT2D eigenvalue weighted by Crippen LogP contribution is 2.21. The summed E-state index contributed by atoms with van der Waals surface area (Å²) in [6, 6.07) is 3.77. The molecule has 100 valence electrons. The van der Waals surface area contributed by atoms with Crippen LogP contribution in [0.2, 0.25) is 0 Å². The van der Waals surface area contributed by atoms with Crippen LogP contribution >= 0.6 is 0 Å². The van der Waals surface area contributed by atoms with Gasteiger partial charge in [-0.3, -0.25) is 9.48 Å². The van der Waals surface area contributed by atoms with Gasteiger partial charge in [-0.1, -0.05) is 0 Å². The molecule has 5 N–H and O–H groups in total. The summed E-state index contributed by atoms with van der Waals surface area (Å²) in [4.78, 5) is 11.8. The number of hydrogen-bond acceptors (Lipinski definition) is 5. The molecule has 1 heterocycles. The highest BCUT2D eigenvalue weighted by Gasteiger charge is 2.11. The van der Waals surface area contributed by atoms with Crippen molar-refractivity contribution in [2.45, 2.75) is 6.54 Å². The van der Waals surface area contributed by atoms with E-state index in [1.54, 1.807) is 10.9 Å². The molecule has 0 unspecified atom stereocenters. The number of carbonyl (C=O) groups is 1. The summed E-state index contributed by atoms with van der Waals surface area (Å²) < 4.78 is 1.60. The number of phenolic OH excluding ortho intramolecular Hbond substituents is 2. The lowest BCUT2D eigenvalue weighted by atomic mass is 10.2. The summed E-state index contributed by atoms with van der Waals surface area (Å²) in [5, 5.41) is 25.4. The number of benzene rings is 1. The zero-order valence-corrected chi connectivity index (χ0v) is 10.1. The van der Waals surface area contributed by atoms with Crippen molar-refractivity contribution in [3.05, 3.63) is 36.2 Å². The number of nitrogens with zero attached hydrogens (tertiary/aromatic N) is 2. The van der Waals surface area contributed by atoms with Crippen LogP contribution in [-0.2, 0) is 6.54 Å². The molecule has 1 amide bonds. The number of amides is 1. The Bertz CT molecular complexity index is 594. The minimum Gasteiger partial charge on any atom is -0.508 e. The maximum atomic E-state index is 11.8. The summed E-state index contributed by atoms with van der Waals surface area (Å²) in [5.74, 6) is -0.727. The third-order valence-electron chi connectivity index (χ3n) is 2.50. The van der Waals surface area contributed by atoms with Gasteiger partial charge in [0.1, 0.15) is 11.5 Å². The number of nitrogen functional groups attached to an aromatic ring is 1. The van der Waals surface area contributed by atoms with E-state index in [2.05, 4.69) is 10.4 Å². The molecule has 0 bridgehead atoms. The molecular weight excluding hydrogens is 248 g/mol. The van der Waals surface area contributed by atoms with Crippen LogP contribution < -0.4 is 11.1 Å². The molecule has 2 rings (SSSR count). The van der Waals surface area contributed by atoms with E-state index in [1.165, 1.54) is 24.4 Å². The number of nitrogens with one attached hydrogen (secondary N) is 1. The Balaban J connectivity index is 1.92. The second-order valence-electron chi connectivity index (χ2n) is 3.99. The van der Waals surface area contributed by atoms with Crippen molar-refractivity contribution >= 4 is 11.6 Å². The van der Waals surface area contributed by atoms with Gasteiger partial charge in [0, 0.05) is 12.7 Å². The van der Waals surface area contributed by atoms with Gasteiger partial charge in [0.25, 0.3) is 5.91 Å². The van der Waals surface area contributed by atoms with Gasteiger partial charge in [-0.2, -0.15) is 5.10 Å². The fourth-order valence-corrected chi connectivity index (χ4v) is 1.59. The summed E-state index contributed by atoms with van der Waals surface area (Å²) in [7, 11) is 0. The molecule has 7 nitrogen and oxygen atoms in total. The molecule has 0 saturated carbocycles. The van der Waals surface area contributed by atoms with E-state index in [0.29, 0.717) is 18.8 Å². The number of hydrogen-bond donors (Lipinski definition) is 4. The maximum Gasteiger partial charge on any atom is 0.255 e. The second kappa shape index (κ2) is 5.30. The van der Waals surface area contributed by atoms with Crippen LogP contribution in [0.4, 0.5) is 5.69 Å². The molecule has 0 aliphatic rings. The summed E-state index contributed by atoms with van der Waals surface area (Å²) in [6.07, 6.45) is 3.17. The first-order valence-corrected chi connectivity index (χ1v) is 5.64. The van der Waals surface area contributed by atoms with Crippen LogP contribution in [-0.4, -0.2) is 32.4 Å². The Morgan fingerprint density at radius 2 is 2.21 bits per heavy atom. The van der Waals surface area contributed by atoms with Crippen molar-refractivity contribution in [2.24, 2.45) is 0 Å². The van der Waals surface area contributed by atoms with Crippen LogP contribution in [0.3, 0.4) is 0 Å². The van der Waals surface area contributed by atoms with Gasteiger partial charge in [-0.15, -0.1) is 0 Å². The first kappa shape index (κ1) is 12.7. The molecule has 7 heteroatoms. The smallest absolute Gasteiger partial charge is 0.255 e. The lowest BCUT2D eigenvalue weighted by Gasteiger charge is -2.07. The Kier molecular flexibility index (Phi) is 3.56. The van der Waals surface area contributed by atoms with Gasteiger partial charge in [0.15, 0.2) is 0 Å². The van der Waals surface area contributed by atoms with Gasteiger partial charge in [-0.05, 0) is 18.2 Å². The summed E-state index contributed by atoms with van der Waals surface area (Å²) in [6.45, 7) is 0.789. The lowest BCUT2D eigenvalue weighted by Crippen LogP contribution is -2.27. The van der Waals surface area contributed by atoms with E-state index >= 15 is 0 Å². The lowest BCUT2D eigenvalue weighted by molar-refractivity contribution is 0.0949. The third kappa shape index (κ3) is 3.15. The summed E-state index contributed by atoms with van der Waals surface area (Å²) in [5.41, 5.74) is 6.09. The van der Waals surface area contributed by atoms with Crippen molar-refractivity contribution in [2.75, 3.05) is 12.3 Å². The molecule has 0 atom stereocenters. The van der Waals surface area contributed by atoms with Crippen molar-refractivity contribution in [1.82, 2.24) is 15.1 Å². The third-order valence-corrected chi connectivity index (χ3v) is 2.50. The standard InChI is InChI=1S/C12H14N4O3/c13-8-6-15-16(7-8)4-3-14-12(19)10-5-9(17)1-2-11(10)18/h1-2,5-7,17-18H,3-4,13H2,(H,14,19). The van der Waals surface area contributed by atoms with Gasteiger partial charge in [0.2, 0.25) is 0 Å². The molecule has 0 radical (unpaired) electrons. The van der Waals surface area contributed by atoms with Gasteiger partial charge < -0.3 is 21.3 Å². The largest absolute Gasteiger partial charge is 0.508 e. The van der Waals surface area contributed by atoms with Crippen LogP contribution in [0.25, 0.3) is 0 Å². The molecule has 0 spiro atoms. The molecular formula is C12H14N4O3. The number of aromatic nitrogens is 2. The molecule has 0 aliphatic heterocycles. The quantitative estimate of drug-likeness (QED) is 0.592. The van der Waals surface area contributed by atoms with Crippen molar-refractivity contribution in [1.29, 1.82) is 0 Å². The monoisotopic (exact) mass is 262 g/mol. The Morgan fingerprint density at radius 1 is 1.42 bits per heavy atom. The van der Waals surface area contributed by atoms with E-state index in [0.717, 1.165) is 0 Å². The van der Waals surface area contributed by atoms with E-state index in [4.69, 9.17) is 5.73 Å². The van der Waals surface area contributed by atoms with Crippen LogP contribution in [0.1, 0.15) is 10.4 Å². The molecule has 19 heavy (non-hydrogen) atoms. The topological polar surface area (TPSA) is 113 Å². The number of anilines is 1. The number of phenols is 2. The number of nitrogens with two attached hydrogens (primary N) is 1. The fraction of sp³-hybridized carbons (Fsp3) is 0.167. The molecule has 0 saturated heterocycles. The zero-order chi connectivity index (χ0) is 13.8. The number of rotatable bonds is 4. The molecule has 2 aromatic rings. The normalized spacial score (nSPS) is 10.3. The highest BCUT2D eigenvalue weighted by molar-refractivity contribution is 5.97. The van der Waals surface area contributed by atoms with Crippen LogP contribution in [0.5, 0.6) is 11.5 Å². The average Bonchev–Trinajstić information content (AvgIpc) is 2.78. The Morgan fingerprint density at radius 3 is 2.89 bits per heavy atom. The minimum absolute atomic E-state index is 0.0278. The predicted molar refractivity (Wildman–Crippen MR) is 68.7 cm³/mol. The number of carbonyl (C=O) groups excluding carboxylic acids is 1. The SMILES string of the molecule is Nc1cnn(CCNC(=O)c2cc(O)ccc2O)c1. The van der Waals surface area contributed by atoms with E-state index in [1.807, 2.05) is 0 Å². The Hall–Kier alpha value is -2.70. The van der Waals surface area contributed by atoms with Crippen molar-refractivity contribution < 1.29 is 15.0 Å². The first-order chi connectivity index (χ1) is 9.06. The average molecular weight is 262 g/mol. The van der Waals surface area contributed by atoms with Gasteiger partial charge >= 0.3 is 0 Å². The minimum atomic E-state index is -0.464. The fourth-order valence-electron chi connectivity index (χ4n) is 1.59.